The van der Waals surface area contributed by atoms with Gasteiger partial charge in [0.2, 0.25) is 5.91 Å². The summed E-state index contributed by atoms with van der Waals surface area (Å²) in [7, 11) is 0. The number of aliphatic hydroxyl groups is 2. The Bertz CT molecular complexity index is 807. The summed E-state index contributed by atoms with van der Waals surface area (Å²) in [5, 5.41) is 21.0. The first-order valence-corrected chi connectivity index (χ1v) is 11.0. The minimum absolute atomic E-state index is 0.0567. The van der Waals surface area contributed by atoms with Gasteiger partial charge in [0.1, 0.15) is 0 Å². The van der Waals surface area contributed by atoms with E-state index in [0.29, 0.717) is 12.2 Å². The standard InChI is InChI=1S/C25H27NO3S/c27-19-23(28)18-26-24(29)16-17-30-25(20-10-4-1-5-11-20,21-12-6-2-7-13-21)22-14-8-3-9-15-22/h1-15,23,27-28H,16-19H2,(H,26,29). The van der Waals surface area contributed by atoms with Crippen molar-refractivity contribution in [1.29, 1.82) is 0 Å². The number of aliphatic hydroxyl groups excluding tert-OH is 2. The van der Waals surface area contributed by atoms with Gasteiger partial charge in [0.15, 0.2) is 0 Å². The van der Waals surface area contributed by atoms with Crippen molar-refractivity contribution in [2.24, 2.45) is 0 Å². The predicted molar refractivity (Wildman–Crippen MR) is 122 cm³/mol. The van der Waals surface area contributed by atoms with Crippen molar-refractivity contribution in [1.82, 2.24) is 5.32 Å². The highest BCUT2D eigenvalue weighted by Crippen LogP contribution is 2.48. The second-order valence-corrected chi connectivity index (χ2v) is 8.33. The molecular weight excluding hydrogens is 394 g/mol. The zero-order valence-corrected chi connectivity index (χ0v) is 17.6. The molecular formula is C25H27NO3S. The molecule has 5 heteroatoms. The molecule has 0 saturated heterocycles. The number of rotatable bonds is 10. The molecule has 0 radical (unpaired) electrons. The van der Waals surface area contributed by atoms with Crippen LogP contribution in [0, 0.1) is 0 Å². The second kappa shape index (κ2) is 11.0. The van der Waals surface area contributed by atoms with E-state index in [1.54, 1.807) is 11.8 Å². The molecule has 0 aromatic heterocycles. The van der Waals surface area contributed by atoms with Gasteiger partial charge in [0.05, 0.1) is 17.5 Å². The van der Waals surface area contributed by atoms with Crippen LogP contribution in [-0.2, 0) is 9.54 Å². The summed E-state index contributed by atoms with van der Waals surface area (Å²) in [6.45, 7) is -0.310. The van der Waals surface area contributed by atoms with Crippen LogP contribution in [0.1, 0.15) is 23.1 Å². The Balaban J connectivity index is 1.91. The largest absolute Gasteiger partial charge is 0.394 e. The average Bonchev–Trinajstić information content (AvgIpc) is 2.82. The van der Waals surface area contributed by atoms with Gasteiger partial charge in [-0.3, -0.25) is 4.79 Å². The molecule has 0 heterocycles. The van der Waals surface area contributed by atoms with Crippen LogP contribution in [0.3, 0.4) is 0 Å². The van der Waals surface area contributed by atoms with Gasteiger partial charge in [-0.05, 0) is 16.7 Å². The quantitative estimate of drug-likeness (QED) is 0.438. The van der Waals surface area contributed by atoms with Crippen LogP contribution < -0.4 is 5.32 Å². The van der Waals surface area contributed by atoms with Gasteiger partial charge >= 0.3 is 0 Å². The van der Waals surface area contributed by atoms with Crippen molar-refractivity contribution >= 4 is 17.7 Å². The summed E-state index contributed by atoms with van der Waals surface area (Å²) in [4.78, 5) is 12.2. The van der Waals surface area contributed by atoms with Crippen molar-refractivity contribution in [3.63, 3.8) is 0 Å². The molecule has 0 fully saturated rings. The number of nitrogens with one attached hydrogen (secondary N) is 1. The van der Waals surface area contributed by atoms with Gasteiger partial charge in [0.25, 0.3) is 0 Å². The third kappa shape index (κ3) is 5.30. The van der Waals surface area contributed by atoms with E-state index in [-0.39, 0.29) is 19.1 Å². The summed E-state index contributed by atoms with van der Waals surface area (Å²) >= 11 is 1.72. The number of hydrogen-bond acceptors (Lipinski definition) is 4. The van der Waals surface area contributed by atoms with Crippen LogP contribution in [0.25, 0.3) is 0 Å². The van der Waals surface area contributed by atoms with Crippen LogP contribution >= 0.6 is 11.8 Å². The predicted octanol–water partition coefficient (Wildman–Crippen LogP) is 3.57. The molecule has 3 aromatic carbocycles. The highest BCUT2D eigenvalue weighted by molar-refractivity contribution is 8.00. The van der Waals surface area contributed by atoms with E-state index in [1.165, 1.54) is 0 Å². The first kappa shape index (κ1) is 22.1. The Kier molecular flexibility index (Phi) is 8.08. The maximum Gasteiger partial charge on any atom is 0.220 e. The van der Waals surface area contributed by atoms with Crippen LogP contribution in [0.2, 0.25) is 0 Å². The molecule has 0 aliphatic heterocycles. The zero-order valence-electron chi connectivity index (χ0n) is 16.8. The monoisotopic (exact) mass is 421 g/mol. The minimum Gasteiger partial charge on any atom is -0.394 e. The third-order valence-corrected chi connectivity index (χ3v) is 6.48. The molecule has 1 unspecified atom stereocenters. The molecule has 0 bridgehead atoms. The molecule has 30 heavy (non-hydrogen) atoms. The first-order valence-electron chi connectivity index (χ1n) is 10.0. The fraction of sp³-hybridized carbons (Fsp3) is 0.240. The second-order valence-electron chi connectivity index (χ2n) is 7.02. The molecule has 0 saturated carbocycles. The van der Waals surface area contributed by atoms with Gasteiger partial charge in [-0.15, -0.1) is 11.8 Å². The fourth-order valence-corrected chi connectivity index (χ4v) is 4.95. The molecule has 1 atom stereocenters. The Labute approximate surface area is 182 Å². The van der Waals surface area contributed by atoms with E-state index >= 15 is 0 Å². The number of benzene rings is 3. The molecule has 0 spiro atoms. The molecule has 4 nitrogen and oxygen atoms in total. The van der Waals surface area contributed by atoms with Gasteiger partial charge in [-0.2, -0.15) is 0 Å². The van der Waals surface area contributed by atoms with Gasteiger partial charge in [-0.1, -0.05) is 91.0 Å². The topological polar surface area (TPSA) is 69.6 Å². The van der Waals surface area contributed by atoms with Crippen LogP contribution in [-0.4, -0.2) is 41.1 Å². The summed E-state index contributed by atoms with van der Waals surface area (Å²) in [5.74, 6) is 0.456. The lowest BCUT2D eigenvalue weighted by atomic mass is 9.84. The minimum atomic E-state index is -0.932. The Morgan fingerprint density at radius 3 is 1.67 bits per heavy atom. The van der Waals surface area contributed by atoms with Gasteiger partial charge in [0, 0.05) is 18.7 Å². The lowest BCUT2D eigenvalue weighted by Crippen LogP contribution is -2.34. The van der Waals surface area contributed by atoms with E-state index in [4.69, 9.17) is 5.11 Å². The van der Waals surface area contributed by atoms with E-state index in [0.717, 1.165) is 16.7 Å². The first-order chi connectivity index (χ1) is 14.7. The number of hydrogen-bond donors (Lipinski definition) is 3. The lowest BCUT2D eigenvalue weighted by molar-refractivity contribution is -0.121. The summed E-state index contributed by atoms with van der Waals surface area (Å²) < 4.78 is -0.450. The molecule has 156 valence electrons. The Morgan fingerprint density at radius 1 is 0.833 bits per heavy atom. The van der Waals surface area contributed by atoms with E-state index in [2.05, 4.69) is 41.7 Å². The van der Waals surface area contributed by atoms with E-state index in [9.17, 15) is 9.90 Å². The highest BCUT2D eigenvalue weighted by atomic mass is 32.2. The molecule has 3 aromatic rings. The van der Waals surface area contributed by atoms with Crippen LogP contribution in [0.5, 0.6) is 0 Å². The summed E-state index contributed by atoms with van der Waals surface area (Å²) in [6, 6.07) is 31.1. The third-order valence-electron chi connectivity index (χ3n) is 4.93. The zero-order chi connectivity index (χ0) is 21.2. The smallest absolute Gasteiger partial charge is 0.220 e. The van der Waals surface area contributed by atoms with Gasteiger partial charge < -0.3 is 15.5 Å². The average molecular weight is 422 g/mol. The van der Waals surface area contributed by atoms with Crippen LogP contribution in [0.4, 0.5) is 0 Å². The molecule has 3 rings (SSSR count). The Morgan fingerprint density at radius 2 is 1.27 bits per heavy atom. The highest BCUT2D eigenvalue weighted by Gasteiger charge is 2.36. The van der Waals surface area contributed by atoms with Crippen molar-refractivity contribution in [2.45, 2.75) is 17.3 Å². The van der Waals surface area contributed by atoms with Crippen molar-refractivity contribution < 1.29 is 15.0 Å². The fourth-order valence-electron chi connectivity index (χ4n) is 3.45. The van der Waals surface area contributed by atoms with E-state index < -0.39 is 10.9 Å². The molecule has 0 aliphatic rings. The SMILES string of the molecule is O=C(CCSC(c1ccccc1)(c1ccccc1)c1ccccc1)NCC(O)CO. The summed E-state index contributed by atoms with van der Waals surface area (Å²) in [5.41, 5.74) is 3.47. The van der Waals surface area contributed by atoms with Crippen molar-refractivity contribution in [2.75, 3.05) is 18.9 Å². The van der Waals surface area contributed by atoms with Crippen molar-refractivity contribution in [3.05, 3.63) is 108 Å². The van der Waals surface area contributed by atoms with Crippen LogP contribution in [0.15, 0.2) is 91.0 Å². The number of amides is 1. The Hall–Kier alpha value is -2.60. The number of carbonyl (C=O) groups is 1. The number of carbonyl (C=O) groups excluding carboxylic acids is 1. The molecule has 3 N–H and O–H groups in total. The number of thioether (sulfide) groups is 1. The molecule has 1 amide bonds. The lowest BCUT2D eigenvalue weighted by Gasteiger charge is -2.35. The van der Waals surface area contributed by atoms with E-state index in [1.807, 2.05) is 54.6 Å². The summed E-state index contributed by atoms with van der Waals surface area (Å²) in [6.07, 6.45) is -0.615. The maximum atomic E-state index is 12.2. The molecule has 0 aliphatic carbocycles. The van der Waals surface area contributed by atoms with Crippen molar-refractivity contribution in [3.8, 4) is 0 Å². The maximum absolute atomic E-state index is 12.2. The van der Waals surface area contributed by atoms with Gasteiger partial charge in [-0.25, -0.2) is 0 Å². The normalized spacial score (nSPS) is 12.3.